The highest BCUT2D eigenvalue weighted by Gasteiger charge is 2.43. The van der Waals surface area contributed by atoms with Crippen molar-refractivity contribution in [3.8, 4) is 0 Å². The van der Waals surface area contributed by atoms with E-state index in [1.54, 1.807) is 4.68 Å². The minimum Gasteiger partial charge on any atom is -0.367 e. The fourth-order valence-corrected chi connectivity index (χ4v) is 3.48. The highest BCUT2D eigenvalue weighted by Crippen LogP contribution is 2.39. The van der Waals surface area contributed by atoms with Crippen LogP contribution in [0, 0.1) is 5.92 Å². The van der Waals surface area contributed by atoms with Crippen LogP contribution in [0.15, 0.2) is 12.5 Å². The molecule has 23 heavy (non-hydrogen) atoms. The predicted octanol–water partition coefficient (Wildman–Crippen LogP) is 2.10. The molecule has 2 aromatic heterocycles. The van der Waals surface area contributed by atoms with Crippen molar-refractivity contribution in [2.75, 3.05) is 18.5 Å². The number of aryl methyl sites for hydroxylation is 1. The zero-order chi connectivity index (χ0) is 15.9. The van der Waals surface area contributed by atoms with Crippen LogP contribution in [0.3, 0.4) is 0 Å². The minimum absolute atomic E-state index is 0.0603. The molecule has 1 aliphatic heterocycles. The molecule has 1 saturated heterocycles. The molecule has 7 nitrogen and oxygen atoms in total. The lowest BCUT2D eigenvalue weighted by molar-refractivity contribution is -0.190. The molecule has 1 atom stereocenters. The number of anilines is 1. The van der Waals surface area contributed by atoms with Crippen LogP contribution in [0.25, 0.3) is 11.0 Å². The van der Waals surface area contributed by atoms with Gasteiger partial charge in [-0.1, -0.05) is 6.92 Å². The second kappa shape index (κ2) is 5.72. The first kappa shape index (κ1) is 14.8. The van der Waals surface area contributed by atoms with Crippen LogP contribution in [0.4, 0.5) is 5.82 Å². The van der Waals surface area contributed by atoms with Crippen LogP contribution >= 0.6 is 0 Å². The van der Waals surface area contributed by atoms with Crippen LogP contribution in [-0.4, -0.2) is 44.8 Å². The summed E-state index contributed by atoms with van der Waals surface area (Å²) in [6.45, 7) is 3.62. The quantitative estimate of drug-likeness (QED) is 0.934. The van der Waals surface area contributed by atoms with Gasteiger partial charge in [0.15, 0.2) is 11.4 Å². The molecule has 4 rings (SSSR count). The van der Waals surface area contributed by atoms with Gasteiger partial charge in [0, 0.05) is 32.6 Å². The maximum absolute atomic E-state index is 6.23. The van der Waals surface area contributed by atoms with E-state index >= 15 is 0 Å². The molecule has 1 aliphatic carbocycles. The molecule has 124 valence electrons. The summed E-state index contributed by atoms with van der Waals surface area (Å²) in [5.74, 6) is 1.24. The average molecular weight is 317 g/mol. The van der Waals surface area contributed by atoms with E-state index in [0.29, 0.717) is 18.8 Å². The average Bonchev–Trinajstić information content (AvgIpc) is 3.12. The Kier molecular flexibility index (Phi) is 3.69. The highest BCUT2D eigenvalue weighted by molar-refractivity contribution is 5.85. The van der Waals surface area contributed by atoms with Crippen molar-refractivity contribution in [1.29, 1.82) is 0 Å². The number of rotatable bonds is 3. The third kappa shape index (κ3) is 2.90. The Bertz CT molecular complexity index is 693. The normalized spacial score (nSPS) is 31.0. The zero-order valence-corrected chi connectivity index (χ0v) is 13.7. The van der Waals surface area contributed by atoms with Gasteiger partial charge in [0.05, 0.1) is 12.0 Å². The van der Waals surface area contributed by atoms with E-state index in [-0.39, 0.29) is 11.9 Å². The summed E-state index contributed by atoms with van der Waals surface area (Å²) < 4.78 is 14.0. The van der Waals surface area contributed by atoms with Crippen molar-refractivity contribution < 1.29 is 9.47 Å². The van der Waals surface area contributed by atoms with Gasteiger partial charge in [0.25, 0.3) is 0 Å². The molecule has 2 aromatic rings. The smallest absolute Gasteiger partial charge is 0.186 e. The first-order valence-electron chi connectivity index (χ1n) is 8.33. The molecule has 1 spiro atoms. The minimum atomic E-state index is -0.339. The van der Waals surface area contributed by atoms with E-state index in [2.05, 4.69) is 27.3 Å². The molecule has 3 heterocycles. The van der Waals surface area contributed by atoms with E-state index in [1.165, 1.54) is 19.2 Å². The number of nitrogens with zero attached hydrogens (tertiary/aromatic N) is 4. The topological polar surface area (TPSA) is 74.1 Å². The van der Waals surface area contributed by atoms with Crippen molar-refractivity contribution >= 4 is 16.9 Å². The fourth-order valence-electron chi connectivity index (χ4n) is 3.48. The van der Waals surface area contributed by atoms with Crippen molar-refractivity contribution in [2.45, 2.75) is 44.5 Å². The molecule has 2 fully saturated rings. The second-order valence-corrected chi connectivity index (χ2v) is 6.79. The van der Waals surface area contributed by atoms with Gasteiger partial charge in [0.2, 0.25) is 0 Å². The molecule has 1 unspecified atom stereocenters. The number of fused-ring (bicyclic) bond motifs is 1. The monoisotopic (exact) mass is 317 g/mol. The van der Waals surface area contributed by atoms with Gasteiger partial charge in [-0.15, -0.1) is 0 Å². The molecule has 7 heteroatoms. The molecule has 0 bridgehead atoms. The Morgan fingerprint density at radius 3 is 3.00 bits per heavy atom. The third-order valence-corrected chi connectivity index (χ3v) is 4.88. The van der Waals surface area contributed by atoms with Crippen molar-refractivity contribution in [3.05, 3.63) is 12.5 Å². The van der Waals surface area contributed by atoms with E-state index in [4.69, 9.17) is 9.47 Å². The summed E-state index contributed by atoms with van der Waals surface area (Å²) >= 11 is 0. The van der Waals surface area contributed by atoms with Crippen molar-refractivity contribution in [3.63, 3.8) is 0 Å². The maximum Gasteiger partial charge on any atom is 0.186 e. The second-order valence-electron chi connectivity index (χ2n) is 6.79. The number of nitrogens with one attached hydrogen (secondary N) is 1. The number of ether oxygens (including phenoxy) is 2. The Balaban J connectivity index is 1.40. The summed E-state index contributed by atoms with van der Waals surface area (Å²) in [6.07, 6.45) is 7.90. The third-order valence-electron chi connectivity index (χ3n) is 4.88. The lowest BCUT2D eigenvalue weighted by Gasteiger charge is -2.34. The molecule has 0 amide bonds. The Labute approximate surface area is 135 Å². The van der Waals surface area contributed by atoms with Gasteiger partial charge in [-0.25, -0.2) is 9.97 Å². The number of aromatic nitrogens is 4. The number of hydrogen-bond acceptors (Lipinski definition) is 6. The predicted molar refractivity (Wildman–Crippen MR) is 86.0 cm³/mol. The Morgan fingerprint density at radius 2 is 2.17 bits per heavy atom. The van der Waals surface area contributed by atoms with Crippen LogP contribution in [-0.2, 0) is 16.5 Å². The SMILES string of the molecule is CC1CCC2(CC1)OCC(CNc1ncnc3nn(C)cc13)O2. The summed E-state index contributed by atoms with van der Waals surface area (Å²) in [5, 5.41) is 8.59. The summed E-state index contributed by atoms with van der Waals surface area (Å²) in [4.78, 5) is 8.50. The lowest BCUT2D eigenvalue weighted by atomic mass is 9.86. The largest absolute Gasteiger partial charge is 0.367 e. The Morgan fingerprint density at radius 1 is 1.35 bits per heavy atom. The fraction of sp³-hybridized carbons (Fsp3) is 0.688. The molecular formula is C16H23N5O2. The highest BCUT2D eigenvalue weighted by atomic mass is 16.7. The summed E-state index contributed by atoms with van der Waals surface area (Å²) in [7, 11) is 1.88. The zero-order valence-electron chi connectivity index (χ0n) is 13.7. The van der Waals surface area contributed by atoms with Gasteiger partial charge in [-0.3, -0.25) is 4.68 Å². The van der Waals surface area contributed by atoms with E-state index in [1.807, 2.05) is 13.2 Å². The van der Waals surface area contributed by atoms with Crippen LogP contribution in [0.5, 0.6) is 0 Å². The molecule has 2 aliphatic rings. The molecule has 0 aromatic carbocycles. The molecule has 0 radical (unpaired) electrons. The van der Waals surface area contributed by atoms with E-state index < -0.39 is 0 Å². The van der Waals surface area contributed by atoms with Gasteiger partial charge >= 0.3 is 0 Å². The summed E-state index contributed by atoms with van der Waals surface area (Å²) in [6, 6.07) is 0. The van der Waals surface area contributed by atoms with Crippen molar-refractivity contribution in [2.24, 2.45) is 13.0 Å². The first-order chi connectivity index (χ1) is 11.1. The van der Waals surface area contributed by atoms with Crippen molar-refractivity contribution in [1.82, 2.24) is 19.7 Å². The first-order valence-corrected chi connectivity index (χ1v) is 8.33. The summed E-state index contributed by atoms with van der Waals surface area (Å²) in [5.41, 5.74) is 0.700. The van der Waals surface area contributed by atoms with Crippen LogP contribution < -0.4 is 5.32 Å². The lowest BCUT2D eigenvalue weighted by Crippen LogP contribution is -2.36. The standard InChI is InChI=1S/C16H23N5O2/c1-11-3-5-16(6-4-11)22-9-12(23-16)7-17-14-13-8-21(2)20-15(13)19-10-18-14/h8,10-12H,3-7,9H2,1-2H3,(H,17,18,19,20). The van der Waals surface area contributed by atoms with E-state index in [0.717, 1.165) is 30.0 Å². The molecule has 1 saturated carbocycles. The van der Waals surface area contributed by atoms with Gasteiger partial charge in [-0.2, -0.15) is 5.10 Å². The Hall–Kier alpha value is -1.73. The van der Waals surface area contributed by atoms with E-state index in [9.17, 15) is 0 Å². The van der Waals surface area contributed by atoms with Crippen LogP contribution in [0.1, 0.15) is 32.6 Å². The van der Waals surface area contributed by atoms with Gasteiger partial charge in [0.1, 0.15) is 18.2 Å². The molecular weight excluding hydrogens is 294 g/mol. The van der Waals surface area contributed by atoms with Gasteiger partial charge < -0.3 is 14.8 Å². The van der Waals surface area contributed by atoms with Crippen LogP contribution in [0.2, 0.25) is 0 Å². The van der Waals surface area contributed by atoms with Gasteiger partial charge in [-0.05, 0) is 18.8 Å². The number of hydrogen-bond donors (Lipinski definition) is 1. The molecule has 1 N–H and O–H groups in total. The maximum atomic E-state index is 6.23.